The van der Waals surface area contributed by atoms with E-state index in [1.807, 2.05) is 0 Å². The van der Waals surface area contributed by atoms with Gasteiger partial charge in [0.25, 0.3) is 0 Å². The Morgan fingerprint density at radius 3 is 0.850 bits per heavy atom. The summed E-state index contributed by atoms with van der Waals surface area (Å²) in [4.78, 5) is 44.8. The van der Waals surface area contributed by atoms with Crippen LogP contribution in [0.2, 0.25) is 0 Å². The summed E-state index contributed by atoms with van der Waals surface area (Å²) in [6.45, 7) is -0.373. The SMILES string of the molecule is O=C1CCC(=O)OCCOC(=O)CCC(=O)OCCO1. The molecule has 0 aliphatic carbocycles. The number of carbonyl (C=O) groups is 4. The van der Waals surface area contributed by atoms with Crippen molar-refractivity contribution >= 4 is 23.9 Å². The van der Waals surface area contributed by atoms with Crippen molar-refractivity contribution in [3.05, 3.63) is 0 Å². The van der Waals surface area contributed by atoms with Crippen LogP contribution in [0.15, 0.2) is 0 Å². The van der Waals surface area contributed by atoms with Crippen LogP contribution in [0.25, 0.3) is 0 Å². The molecule has 8 heteroatoms. The zero-order chi connectivity index (χ0) is 14.8. The second-order valence-electron chi connectivity index (χ2n) is 3.88. The second-order valence-corrected chi connectivity index (χ2v) is 3.88. The second kappa shape index (κ2) is 8.89. The molecule has 0 bridgehead atoms. The normalized spacial score (nSPS) is 20.4. The van der Waals surface area contributed by atoms with Gasteiger partial charge in [-0.15, -0.1) is 0 Å². The predicted molar refractivity (Wildman–Crippen MR) is 62.3 cm³/mol. The number of cyclic esters (lactones) is 4. The van der Waals surface area contributed by atoms with Gasteiger partial charge in [0, 0.05) is 0 Å². The highest BCUT2D eigenvalue weighted by Crippen LogP contribution is 2.00. The molecule has 0 radical (unpaired) electrons. The molecule has 20 heavy (non-hydrogen) atoms. The monoisotopic (exact) mass is 288 g/mol. The number of rotatable bonds is 0. The van der Waals surface area contributed by atoms with Crippen LogP contribution in [0.3, 0.4) is 0 Å². The van der Waals surface area contributed by atoms with E-state index in [2.05, 4.69) is 0 Å². The molecule has 1 heterocycles. The summed E-state index contributed by atoms with van der Waals surface area (Å²) >= 11 is 0. The lowest BCUT2D eigenvalue weighted by Gasteiger charge is -2.09. The van der Waals surface area contributed by atoms with E-state index >= 15 is 0 Å². The van der Waals surface area contributed by atoms with E-state index in [4.69, 9.17) is 18.9 Å². The average Bonchev–Trinajstić information content (AvgIpc) is 2.42. The molecular formula is C12H16O8. The molecule has 0 spiro atoms. The molecule has 112 valence electrons. The molecule has 1 aliphatic rings. The first-order chi connectivity index (χ1) is 9.58. The summed E-state index contributed by atoms with van der Waals surface area (Å²) in [6.07, 6.45) is -0.474. The van der Waals surface area contributed by atoms with Gasteiger partial charge in [0.2, 0.25) is 0 Å². The van der Waals surface area contributed by atoms with E-state index in [1.54, 1.807) is 0 Å². The van der Waals surface area contributed by atoms with Crippen LogP contribution >= 0.6 is 0 Å². The quantitative estimate of drug-likeness (QED) is 0.443. The van der Waals surface area contributed by atoms with Crippen LogP contribution < -0.4 is 0 Å². The van der Waals surface area contributed by atoms with Gasteiger partial charge in [0.15, 0.2) is 0 Å². The van der Waals surface area contributed by atoms with Crippen molar-refractivity contribution in [2.75, 3.05) is 26.4 Å². The summed E-state index contributed by atoms with van der Waals surface area (Å²) in [5.74, 6) is -2.29. The van der Waals surface area contributed by atoms with Gasteiger partial charge in [-0.25, -0.2) is 0 Å². The number of ether oxygens (including phenoxy) is 4. The molecule has 1 rings (SSSR count). The Bertz CT molecular complexity index is 304. The number of carbonyl (C=O) groups excluding carboxylic acids is 4. The van der Waals surface area contributed by atoms with Crippen molar-refractivity contribution in [3.63, 3.8) is 0 Å². The molecule has 0 aromatic rings. The Balaban J connectivity index is 2.41. The first-order valence-corrected chi connectivity index (χ1v) is 6.20. The van der Waals surface area contributed by atoms with Gasteiger partial charge in [0.05, 0.1) is 25.7 Å². The zero-order valence-corrected chi connectivity index (χ0v) is 10.9. The molecule has 0 amide bonds. The van der Waals surface area contributed by atoms with Gasteiger partial charge in [-0.1, -0.05) is 0 Å². The van der Waals surface area contributed by atoms with Crippen molar-refractivity contribution in [3.8, 4) is 0 Å². The highest BCUT2D eigenvalue weighted by Gasteiger charge is 2.12. The maximum atomic E-state index is 11.2. The minimum atomic E-state index is -0.573. The van der Waals surface area contributed by atoms with Crippen LogP contribution in [-0.4, -0.2) is 50.3 Å². The van der Waals surface area contributed by atoms with Crippen molar-refractivity contribution in [1.29, 1.82) is 0 Å². The van der Waals surface area contributed by atoms with E-state index < -0.39 is 23.9 Å². The molecule has 0 unspecified atom stereocenters. The summed E-state index contributed by atoms with van der Waals surface area (Å²) < 4.78 is 19.0. The molecule has 1 aliphatic heterocycles. The van der Waals surface area contributed by atoms with Gasteiger partial charge >= 0.3 is 23.9 Å². The number of hydrogen-bond donors (Lipinski definition) is 0. The van der Waals surface area contributed by atoms with E-state index in [0.717, 1.165) is 0 Å². The third-order valence-electron chi connectivity index (χ3n) is 2.29. The molecule has 1 fully saturated rings. The largest absolute Gasteiger partial charge is 0.462 e. The lowest BCUT2D eigenvalue weighted by molar-refractivity contribution is -0.158. The average molecular weight is 288 g/mol. The molecule has 1 saturated heterocycles. The third-order valence-corrected chi connectivity index (χ3v) is 2.29. The first-order valence-electron chi connectivity index (χ1n) is 6.20. The topological polar surface area (TPSA) is 105 Å². The standard InChI is InChI=1S/C12H16O8/c13-9-1-2-10(14)18-7-8-20-12(16)4-3-11(15)19-6-5-17-9/h1-8H2. The Hall–Kier alpha value is -2.12. The zero-order valence-electron chi connectivity index (χ0n) is 10.9. The molecule has 0 atom stereocenters. The van der Waals surface area contributed by atoms with Crippen LogP contribution in [0.5, 0.6) is 0 Å². The van der Waals surface area contributed by atoms with Crippen molar-refractivity contribution in [2.24, 2.45) is 0 Å². The van der Waals surface area contributed by atoms with Gasteiger partial charge < -0.3 is 18.9 Å². The predicted octanol–water partition coefficient (Wildman–Crippen LogP) is -0.267. The maximum absolute atomic E-state index is 11.2. The van der Waals surface area contributed by atoms with E-state index in [1.165, 1.54) is 0 Å². The van der Waals surface area contributed by atoms with Gasteiger partial charge in [-0.2, -0.15) is 0 Å². The van der Waals surface area contributed by atoms with Gasteiger partial charge in [0.1, 0.15) is 26.4 Å². The summed E-state index contributed by atoms with van der Waals surface area (Å²) in [5, 5.41) is 0. The maximum Gasteiger partial charge on any atom is 0.306 e. The van der Waals surface area contributed by atoms with Crippen molar-refractivity contribution < 1.29 is 38.1 Å². The Morgan fingerprint density at radius 1 is 0.450 bits per heavy atom. The highest BCUT2D eigenvalue weighted by atomic mass is 16.6. The Labute approximate surface area is 115 Å². The minimum Gasteiger partial charge on any atom is -0.462 e. The summed E-state index contributed by atoms with van der Waals surface area (Å²) in [6, 6.07) is 0. The fraction of sp³-hybridized carbons (Fsp3) is 0.667. The van der Waals surface area contributed by atoms with Crippen LogP contribution in [0.1, 0.15) is 25.7 Å². The molecule has 0 N–H and O–H groups in total. The fourth-order valence-corrected chi connectivity index (χ4v) is 1.32. The number of esters is 4. The lowest BCUT2D eigenvalue weighted by Crippen LogP contribution is -2.18. The molecular weight excluding hydrogens is 272 g/mol. The van der Waals surface area contributed by atoms with E-state index in [-0.39, 0.29) is 52.1 Å². The minimum absolute atomic E-state index is 0.0932. The fourth-order valence-electron chi connectivity index (χ4n) is 1.32. The van der Waals surface area contributed by atoms with Crippen molar-refractivity contribution in [1.82, 2.24) is 0 Å². The van der Waals surface area contributed by atoms with E-state index in [9.17, 15) is 19.2 Å². The Kier molecular flexibility index (Phi) is 7.08. The lowest BCUT2D eigenvalue weighted by atomic mass is 10.3. The Morgan fingerprint density at radius 2 is 0.650 bits per heavy atom. The van der Waals surface area contributed by atoms with Crippen LogP contribution in [0, 0.1) is 0 Å². The van der Waals surface area contributed by atoms with E-state index in [0.29, 0.717) is 0 Å². The highest BCUT2D eigenvalue weighted by molar-refractivity contribution is 5.78. The van der Waals surface area contributed by atoms with Crippen molar-refractivity contribution in [2.45, 2.75) is 25.7 Å². The molecule has 8 nitrogen and oxygen atoms in total. The smallest absolute Gasteiger partial charge is 0.306 e. The third kappa shape index (κ3) is 7.34. The number of hydrogen-bond acceptors (Lipinski definition) is 8. The van der Waals surface area contributed by atoms with Crippen LogP contribution in [-0.2, 0) is 38.1 Å². The summed E-state index contributed by atoms with van der Waals surface area (Å²) in [5.41, 5.74) is 0. The molecule has 0 saturated carbocycles. The van der Waals surface area contributed by atoms with Gasteiger partial charge in [-0.3, -0.25) is 19.2 Å². The first kappa shape index (κ1) is 15.9. The summed E-state index contributed by atoms with van der Waals surface area (Å²) in [7, 11) is 0. The molecule has 0 aromatic heterocycles. The molecule has 0 aromatic carbocycles. The van der Waals surface area contributed by atoms with Crippen LogP contribution in [0.4, 0.5) is 0 Å². The van der Waals surface area contributed by atoms with Gasteiger partial charge in [-0.05, 0) is 0 Å².